The first-order valence-corrected chi connectivity index (χ1v) is 9.00. The summed E-state index contributed by atoms with van der Waals surface area (Å²) in [6, 6.07) is 16.5. The Morgan fingerprint density at radius 2 is 1.67 bits per heavy atom. The minimum Gasteiger partial charge on any atom is -0.496 e. The third-order valence-electron chi connectivity index (χ3n) is 4.88. The molecule has 0 aliphatic heterocycles. The van der Waals surface area contributed by atoms with Crippen molar-refractivity contribution in [1.82, 2.24) is 10.6 Å². The summed E-state index contributed by atoms with van der Waals surface area (Å²) in [7, 11) is 1.55. The molecular weight excluding hydrogens is 344 g/mol. The molecule has 0 spiro atoms. The molecule has 1 aliphatic carbocycles. The molecule has 0 saturated heterocycles. The molecule has 27 heavy (non-hydrogen) atoms. The highest BCUT2D eigenvalue weighted by Gasteiger charge is 2.45. The maximum Gasteiger partial charge on any atom is 0.309 e. The van der Waals surface area contributed by atoms with Crippen molar-refractivity contribution >= 4 is 11.8 Å². The number of amides is 2. The summed E-state index contributed by atoms with van der Waals surface area (Å²) in [5, 5.41) is 16.2. The summed E-state index contributed by atoms with van der Waals surface area (Å²) in [6.07, 6.45) is 1.81. The molecule has 1 aliphatic rings. The van der Waals surface area contributed by atoms with Gasteiger partial charge < -0.3 is 20.5 Å². The van der Waals surface area contributed by atoms with E-state index in [-0.39, 0.29) is 19.0 Å². The molecule has 0 radical (unpaired) electrons. The number of para-hydroxylation sites is 1. The fourth-order valence-corrected chi connectivity index (χ4v) is 3.17. The monoisotopic (exact) mass is 368 g/mol. The van der Waals surface area contributed by atoms with E-state index in [0.717, 1.165) is 24.0 Å². The predicted molar refractivity (Wildman–Crippen MR) is 101 cm³/mol. The summed E-state index contributed by atoms with van der Waals surface area (Å²) < 4.78 is 5.23. The Morgan fingerprint density at radius 1 is 1.04 bits per heavy atom. The number of nitrogens with one attached hydrogen (secondary N) is 2. The average molecular weight is 368 g/mol. The molecule has 1 saturated carbocycles. The van der Waals surface area contributed by atoms with E-state index in [2.05, 4.69) is 10.6 Å². The van der Waals surface area contributed by atoms with Crippen molar-refractivity contribution in [3.05, 3.63) is 65.7 Å². The van der Waals surface area contributed by atoms with Crippen LogP contribution in [0, 0.1) is 5.92 Å². The zero-order valence-electron chi connectivity index (χ0n) is 15.3. The molecule has 0 unspecified atom stereocenters. The van der Waals surface area contributed by atoms with Crippen molar-refractivity contribution in [2.45, 2.75) is 25.0 Å². The van der Waals surface area contributed by atoms with Crippen molar-refractivity contribution in [1.29, 1.82) is 0 Å². The van der Waals surface area contributed by atoms with Gasteiger partial charge in [-0.25, -0.2) is 0 Å². The van der Waals surface area contributed by atoms with E-state index in [4.69, 9.17) is 4.74 Å². The van der Waals surface area contributed by atoms with Gasteiger partial charge in [0.05, 0.1) is 13.7 Å². The molecule has 1 atom stereocenters. The third kappa shape index (κ3) is 4.46. The second-order valence-corrected chi connectivity index (χ2v) is 6.74. The summed E-state index contributed by atoms with van der Waals surface area (Å²) >= 11 is 0. The minimum atomic E-state index is -1.15. The quantitative estimate of drug-likeness (QED) is 0.650. The third-order valence-corrected chi connectivity index (χ3v) is 4.88. The van der Waals surface area contributed by atoms with Gasteiger partial charge in [-0.2, -0.15) is 0 Å². The average Bonchev–Trinajstić information content (AvgIpc) is 3.56. The second kappa shape index (κ2) is 8.22. The fraction of sp³-hybridized carbons (Fsp3) is 0.333. The molecule has 0 bridgehead atoms. The van der Waals surface area contributed by atoms with Crippen LogP contribution in [0.1, 0.15) is 24.0 Å². The van der Waals surface area contributed by atoms with Gasteiger partial charge in [0, 0.05) is 12.1 Å². The van der Waals surface area contributed by atoms with Crippen molar-refractivity contribution in [2.75, 3.05) is 13.7 Å². The smallest absolute Gasteiger partial charge is 0.309 e. The highest BCUT2D eigenvalue weighted by Crippen LogP contribution is 2.45. The van der Waals surface area contributed by atoms with Gasteiger partial charge in [0.15, 0.2) is 0 Å². The van der Waals surface area contributed by atoms with Gasteiger partial charge in [-0.05, 0) is 30.4 Å². The summed E-state index contributed by atoms with van der Waals surface area (Å²) in [6.45, 7) is 0.185. The first-order chi connectivity index (χ1) is 13.0. The second-order valence-electron chi connectivity index (χ2n) is 6.74. The Hall–Kier alpha value is -2.86. The number of carbonyl (C=O) groups excluding carboxylic acids is 2. The van der Waals surface area contributed by atoms with Crippen LogP contribution < -0.4 is 15.4 Å². The van der Waals surface area contributed by atoms with Gasteiger partial charge in [-0.15, -0.1) is 0 Å². The highest BCUT2D eigenvalue weighted by atomic mass is 16.5. The Bertz CT molecular complexity index is 805. The lowest BCUT2D eigenvalue weighted by molar-refractivity contribution is -0.140. The van der Waals surface area contributed by atoms with Crippen LogP contribution in [0.4, 0.5) is 0 Å². The number of hydrogen-bond donors (Lipinski definition) is 3. The maximum atomic E-state index is 12.2. The van der Waals surface area contributed by atoms with Crippen LogP contribution in [0.25, 0.3) is 0 Å². The number of carbonyl (C=O) groups is 2. The number of ether oxygens (including phenoxy) is 1. The molecule has 6 nitrogen and oxygen atoms in total. The molecule has 1 fully saturated rings. The topological polar surface area (TPSA) is 87.7 Å². The van der Waals surface area contributed by atoms with Crippen molar-refractivity contribution in [3.63, 3.8) is 0 Å². The van der Waals surface area contributed by atoms with E-state index in [1.807, 2.05) is 48.5 Å². The lowest BCUT2D eigenvalue weighted by Gasteiger charge is -2.29. The van der Waals surface area contributed by atoms with Crippen LogP contribution in [0.2, 0.25) is 0 Å². The van der Waals surface area contributed by atoms with Crippen LogP contribution in [0.5, 0.6) is 5.75 Å². The normalized spacial score (nSPS) is 15.5. The van der Waals surface area contributed by atoms with Crippen LogP contribution in [-0.4, -0.2) is 30.6 Å². The van der Waals surface area contributed by atoms with Crippen LogP contribution in [0.3, 0.4) is 0 Å². The Balaban J connectivity index is 1.57. The molecule has 142 valence electrons. The van der Waals surface area contributed by atoms with E-state index >= 15 is 0 Å². The van der Waals surface area contributed by atoms with E-state index in [0.29, 0.717) is 5.75 Å². The standard InChI is InChI=1S/C21H24N2O4/c1-27-18-10-6-5-7-15(18)13-22-19(24)20(25)23-14-21(26,17-11-12-17)16-8-3-2-4-9-16/h2-10,17,26H,11-14H2,1H3,(H,22,24)(H,23,25)/t21-/m1/s1. The van der Waals surface area contributed by atoms with E-state index in [9.17, 15) is 14.7 Å². The Labute approximate surface area is 158 Å². The van der Waals surface area contributed by atoms with Crippen molar-refractivity contribution in [3.8, 4) is 5.75 Å². The molecule has 0 aromatic heterocycles. The molecule has 2 amide bonds. The van der Waals surface area contributed by atoms with Gasteiger partial charge in [0.25, 0.3) is 0 Å². The molecular formula is C21H24N2O4. The van der Waals surface area contributed by atoms with Crippen molar-refractivity contribution < 1.29 is 19.4 Å². The number of rotatable bonds is 7. The Kier molecular flexibility index (Phi) is 5.76. The molecule has 6 heteroatoms. The zero-order chi connectivity index (χ0) is 19.3. The molecule has 0 heterocycles. The molecule has 2 aromatic carbocycles. The van der Waals surface area contributed by atoms with Crippen LogP contribution >= 0.6 is 0 Å². The number of hydrogen-bond acceptors (Lipinski definition) is 4. The predicted octanol–water partition coefficient (Wildman–Crippen LogP) is 1.73. The zero-order valence-corrected chi connectivity index (χ0v) is 15.3. The summed E-state index contributed by atoms with van der Waals surface area (Å²) in [5.74, 6) is -0.769. The van der Waals surface area contributed by atoms with Crippen LogP contribution in [0.15, 0.2) is 54.6 Å². The van der Waals surface area contributed by atoms with Gasteiger partial charge in [-0.3, -0.25) is 9.59 Å². The number of methoxy groups -OCH3 is 1. The number of aliphatic hydroxyl groups is 1. The lowest BCUT2D eigenvalue weighted by atomic mass is 9.88. The van der Waals surface area contributed by atoms with Gasteiger partial charge in [0.2, 0.25) is 0 Å². The maximum absolute atomic E-state index is 12.2. The molecule has 3 rings (SSSR count). The lowest BCUT2D eigenvalue weighted by Crippen LogP contribution is -2.47. The first-order valence-electron chi connectivity index (χ1n) is 9.00. The minimum absolute atomic E-state index is 0.00257. The van der Waals surface area contributed by atoms with Gasteiger partial charge in [-0.1, -0.05) is 48.5 Å². The van der Waals surface area contributed by atoms with Crippen molar-refractivity contribution in [2.24, 2.45) is 5.92 Å². The van der Waals surface area contributed by atoms with Gasteiger partial charge in [0.1, 0.15) is 11.4 Å². The molecule has 2 aromatic rings. The number of benzene rings is 2. The van der Waals surface area contributed by atoms with E-state index in [1.54, 1.807) is 13.2 Å². The largest absolute Gasteiger partial charge is 0.496 e. The first kappa shape index (κ1) is 18.9. The summed E-state index contributed by atoms with van der Waals surface area (Å²) in [5.41, 5.74) is 0.377. The van der Waals surface area contributed by atoms with Gasteiger partial charge >= 0.3 is 11.8 Å². The van der Waals surface area contributed by atoms with E-state index < -0.39 is 17.4 Å². The SMILES string of the molecule is COc1ccccc1CNC(=O)C(=O)NC[C@@](O)(c1ccccc1)C1CC1. The fourth-order valence-electron chi connectivity index (χ4n) is 3.17. The van der Waals surface area contributed by atoms with Crippen LogP contribution in [-0.2, 0) is 21.7 Å². The van der Waals surface area contributed by atoms with E-state index in [1.165, 1.54) is 0 Å². The Morgan fingerprint density at radius 3 is 2.33 bits per heavy atom. The molecule has 3 N–H and O–H groups in total. The highest BCUT2D eigenvalue weighted by molar-refractivity contribution is 6.35. The summed E-state index contributed by atoms with van der Waals surface area (Å²) in [4.78, 5) is 24.3.